The number of para-hydroxylation sites is 1. The Labute approximate surface area is 311 Å². The van der Waals surface area contributed by atoms with Crippen molar-refractivity contribution < 1.29 is 19.5 Å². The number of aromatic nitrogens is 2. The van der Waals surface area contributed by atoms with Crippen LogP contribution in [0.3, 0.4) is 0 Å². The van der Waals surface area contributed by atoms with Gasteiger partial charge in [-0.25, -0.2) is 4.98 Å². The summed E-state index contributed by atoms with van der Waals surface area (Å²) in [5, 5.41) is 25.5. The van der Waals surface area contributed by atoms with E-state index >= 15 is 0 Å². The first-order chi connectivity index (χ1) is 24.9. The molecule has 1 saturated heterocycles. The van der Waals surface area contributed by atoms with E-state index in [0.29, 0.717) is 17.2 Å². The summed E-state index contributed by atoms with van der Waals surface area (Å²) >= 11 is 1.84. The van der Waals surface area contributed by atoms with Gasteiger partial charge < -0.3 is 26.4 Å². The maximum atomic E-state index is 14.2. The fourth-order valence-corrected chi connectivity index (χ4v) is 8.12. The molecule has 5 unspecified atom stereocenters. The van der Waals surface area contributed by atoms with Gasteiger partial charge in [0.25, 0.3) is 5.91 Å². The van der Waals surface area contributed by atoms with E-state index in [1.807, 2.05) is 98.4 Å². The van der Waals surface area contributed by atoms with Crippen LogP contribution in [0.4, 0.5) is 0 Å². The molecule has 276 valence electrons. The number of benzene rings is 2. The summed E-state index contributed by atoms with van der Waals surface area (Å²) in [4.78, 5) is 49.7. The molecule has 0 aliphatic carbocycles. The van der Waals surface area contributed by atoms with Gasteiger partial charge >= 0.3 is 0 Å². The molecule has 5 N–H and O–H groups in total. The molecule has 0 spiro atoms. The second-order valence-electron chi connectivity index (χ2n) is 15.0. The molecule has 1 aliphatic rings. The van der Waals surface area contributed by atoms with Gasteiger partial charge in [-0.2, -0.15) is 11.8 Å². The number of fused-ring (bicyclic) bond motifs is 1. The second-order valence-corrected chi connectivity index (χ2v) is 16.3. The number of amides is 3. The van der Waals surface area contributed by atoms with Crippen molar-refractivity contribution in [2.75, 3.05) is 13.1 Å². The molecule has 5 rings (SSSR count). The van der Waals surface area contributed by atoms with E-state index in [1.165, 1.54) is 5.56 Å². The quantitative estimate of drug-likeness (QED) is 0.119. The summed E-state index contributed by atoms with van der Waals surface area (Å²) in [5.74, 6) is -0.818. The first kappa shape index (κ1) is 38.9. The molecule has 1 fully saturated rings. The maximum Gasteiger partial charge on any atom is 0.270 e. The molecule has 6 atom stereocenters. The third kappa shape index (κ3) is 10.4. The Bertz CT molecular complexity index is 1780. The predicted octanol–water partition coefficient (Wildman–Crippen LogP) is 5.23. The van der Waals surface area contributed by atoms with Crippen LogP contribution in [0, 0.1) is 11.3 Å². The number of rotatable bonds is 14. The first-order valence-corrected chi connectivity index (χ1v) is 19.2. The lowest BCUT2D eigenvalue weighted by Crippen LogP contribution is -2.59. The Hall–Kier alpha value is -4.32. The molecule has 3 heterocycles. The molecule has 2 aromatic carbocycles. The number of thioether (sulfide) groups is 1. The van der Waals surface area contributed by atoms with Gasteiger partial charge in [0.2, 0.25) is 11.8 Å². The monoisotopic (exact) mass is 724 g/mol. The van der Waals surface area contributed by atoms with Crippen molar-refractivity contribution in [2.24, 2.45) is 11.3 Å². The van der Waals surface area contributed by atoms with E-state index in [-0.39, 0.29) is 36.0 Å². The Morgan fingerprint density at radius 3 is 2.37 bits per heavy atom. The summed E-state index contributed by atoms with van der Waals surface area (Å²) in [7, 11) is 0. The highest BCUT2D eigenvalue weighted by atomic mass is 32.2. The number of pyridine rings is 2. The lowest BCUT2D eigenvalue weighted by Gasteiger charge is -2.41. The summed E-state index contributed by atoms with van der Waals surface area (Å²) in [6.45, 7) is 10.6. The van der Waals surface area contributed by atoms with Gasteiger partial charge in [-0.1, -0.05) is 89.2 Å². The number of nitrogens with one attached hydrogen (secondary N) is 4. The van der Waals surface area contributed by atoms with Gasteiger partial charge in [-0.05, 0) is 66.1 Å². The largest absolute Gasteiger partial charge is 0.389 e. The molecular weight excluding hydrogens is 673 g/mol. The number of piperidine rings is 1. The van der Waals surface area contributed by atoms with Crippen molar-refractivity contribution in [3.05, 3.63) is 108 Å². The molecule has 3 amide bonds. The van der Waals surface area contributed by atoms with Gasteiger partial charge in [0.1, 0.15) is 11.7 Å². The van der Waals surface area contributed by atoms with Gasteiger partial charge in [0.05, 0.1) is 23.7 Å². The molecule has 11 heteroatoms. The van der Waals surface area contributed by atoms with Gasteiger partial charge in [0, 0.05) is 41.2 Å². The highest BCUT2D eigenvalue weighted by molar-refractivity contribution is 7.99. The smallest absolute Gasteiger partial charge is 0.270 e. The Morgan fingerprint density at radius 1 is 0.942 bits per heavy atom. The zero-order valence-electron chi connectivity index (χ0n) is 30.7. The summed E-state index contributed by atoms with van der Waals surface area (Å²) < 4.78 is 0. The molecule has 0 radical (unpaired) electrons. The number of aliphatic hydroxyl groups excluding tert-OH is 1. The average Bonchev–Trinajstić information content (AvgIpc) is 3.14. The van der Waals surface area contributed by atoms with Crippen LogP contribution < -0.4 is 21.3 Å². The fourth-order valence-electron chi connectivity index (χ4n) is 6.89. The SMILES string of the molecule is CC(C)[C@H](NC(=O)c1ccc2ccccc2n1)C(=O)NC(C(O)CNC(=O)C1CC(SCc2ccncc2)CCN1)C(c1ccccc1)C(C)(C)C. The van der Waals surface area contributed by atoms with E-state index in [0.717, 1.165) is 29.7 Å². The predicted molar refractivity (Wildman–Crippen MR) is 208 cm³/mol. The van der Waals surface area contributed by atoms with Crippen LogP contribution in [0.1, 0.15) is 75.0 Å². The number of hydrogen-bond acceptors (Lipinski definition) is 8. The van der Waals surface area contributed by atoms with Crippen LogP contribution in [0.5, 0.6) is 0 Å². The van der Waals surface area contributed by atoms with Crippen molar-refractivity contribution in [2.45, 2.75) is 88.6 Å². The fraction of sp³-hybridized carbons (Fsp3) is 0.439. The van der Waals surface area contributed by atoms with Crippen LogP contribution >= 0.6 is 11.8 Å². The van der Waals surface area contributed by atoms with Crippen LogP contribution in [0.25, 0.3) is 10.9 Å². The third-order valence-electron chi connectivity index (χ3n) is 9.63. The number of carbonyl (C=O) groups is 3. The number of carbonyl (C=O) groups excluding carboxylic acids is 3. The highest BCUT2D eigenvalue weighted by Crippen LogP contribution is 2.39. The zero-order chi connectivity index (χ0) is 37.3. The number of aliphatic hydroxyl groups is 1. The standard InChI is InChI=1S/C41H52N6O4S/c1-26(2)36(46-39(50)32-16-15-28-11-9-10-14-31(28)45-32)40(51)47-37(35(41(3,4)5)29-12-7-6-8-13-29)34(48)24-44-38(49)33-23-30(19-22-43-33)52-25-27-17-20-42-21-18-27/h6-18,20-21,26,30,33-37,43,48H,19,22-25H2,1-5H3,(H,44,49)(H,46,50)(H,47,51)/t30?,33?,34?,35?,36-,37?/m0/s1. The molecule has 4 aromatic rings. The topological polar surface area (TPSA) is 145 Å². The van der Waals surface area contributed by atoms with Crippen molar-refractivity contribution in [1.29, 1.82) is 0 Å². The van der Waals surface area contributed by atoms with Crippen molar-refractivity contribution in [3.8, 4) is 0 Å². The molecular formula is C41H52N6O4S. The highest BCUT2D eigenvalue weighted by Gasteiger charge is 2.40. The normalized spacial score (nSPS) is 18.6. The van der Waals surface area contributed by atoms with E-state index in [1.54, 1.807) is 18.5 Å². The lowest BCUT2D eigenvalue weighted by molar-refractivity contribution is -0.126. The number of nitrogens with zero attached hydrogens (tertiary/aromatic N) is 2. The molecule has 52 heavy (non-hydrogen) atoms. The minimum atomic E-state index is -1.14. The van der Waals surface area contributed by atoms with Gasteiger partial charge in [0.15, 0.2) is 0 Å². The molecule has 0 bridgehead atoms. The van der Waals surface area contributed by atoms with Crippen LogP contribution in [-0.4, -0.2) is 75.4 Å². The summed E-state index contributed by atoms with van der Waals surface area (Å²) in [6, 6.07) is 22.7. The zero-order valence-corrected chi connectivity index (χ0v) is 31.5. The average molecular weight is 725 g/mol. The Morgan fingerprint density at radius 2 is 1.65 bits per heavy atom. The van der Waals surface area contributed by atoms with Crippen LogP contribution in [0.15, 0.2) is 91.3 Å². The van der Waals surface area contributed by atoms with E-state index < -0.39 is 35.4 Å². The minimum absolute atomic E-state index is 0.0596. The number of hydrogen-bond donors (Lipinski definition) is 5. The van der Waals surface area contributed by atoms with E-state index in [2.05, 4.69) is 52.0 Å². The van der Waals surface area contributed by atoms with Crippen molar-refractivity contribution in [3.63, 3.8) is 0 Å². The minimum Gasteiger partial charge on any atom is -0.389 e. The third-order valence-corrected chi connectivity index (χ3v) is 11.0. The molecule has 10 nitrogen and oxygen atoms in total. The molecule has 2 aromatic heterocycles. The first-order valence-electron chi connectivity index (χ1n) is 18.1. The van der Waals surface area contributed by atoms with Crippen LogP contribution in [-0.2, 0) is 15.3 Å². The summed E-state index contributed by atoms with van der Waals surface area (Å²) in [6.07, 6.45) is 4.09. The Kier molecular flexibility index (Phi) is 13.4. The Balaban J connectivity index is 1.30. The molecule has 1 aliphatic heterocycles. The summed E-state index contributed by atoms with van der Waals surface area (Å²) in [5.41, 5.74) is 2.64. The van der Waals surface area contributed by atoms with Gasteiger partial charge in [-0.15, -0.1) is 0 Å². The molecule has 0 saturated carbocycles. The lowest BCUT2D eigenvalue weighted by atomic mass is 9.70. The second kappa shape index (κ2) is 17.9. The van der Waals surface area contributed by atoms with E-state index in [9.17, 15) is 19.5 Å². The maximum absolute atomic E-state index is 14.2. The van der Waals surface area contributed by atoms with E-state index in [4.69, 9.17) is 0 Å². The van der Waals surface area contributed by atoms with Crippen LogP contribution in [0.2, 0.25) is 0 Å². The van der Waals surface area contributed by atoms with Crippen molar-refractivity contribution in [1.82, 2.24) is 31.2 Å². The van der Waals surface area contributed by atoms with Gasteiger partial charge in [-0.3, -0.25) is 19.4 Å². The van der Waals surface area contributed by atoms with Crippen molar-refractivity contribution >= 4 is 40.4 Å².